The molecule has 1 aromatic carbocycles. The zero-order valence-corrected chi connectivity index (χ0v) is 40.8. The van der Waals surface area contributed by atoms with Gasteiger partial charge >= 0.3 is 0 Å². The van der Waals surface area contributed by atoms with Gasteiger partial charge in [0.1, 0.15) is 11.5 Å². The molecule has 0 aliphatic rings. The van der Waals surface area contributed by atoms with Gasteiger partial charge < -0.3 is 60.6 Å². The van der Waals surface area contributed by atoms with Crippen molar-refractivity contribution in [1.29, 1.82) is 0 Å². The summed E-state index contributed by atoms with van der Waals surface area (Å²) in [5.41, 5.74) is 52.6. The maximum Gasteiger partial charge on any atom is 0.253 e. The van der Waals surface area contributed by atoms with Crippen molar-refractivity contribution < 1.29 is 52.2 Å². The molecule has 0 amide bonds. The number of carbonyl (C=O) groups excluding carboxylic acids is 9. The predicted molar refractivity (Wildman–Crippen MR) is 284 cm³/mol. The van der Waals surface area contributed by atoms with Crippen LogP contribution < -0.4 is 51.6 Å². The third kappa shape index (κ3) is 25.1. The second-order valence-electron chi connectivity index (χ2n) is 13.5. The highest BCUT2D eigenvalue weighted by Gasteiger charge is 2.02. The number of nitrogens with two attached hydrogens (primary N) is 9. The smallest absolute Gasteiger partial charge is 0.253 e. The molecule has 0 bridgehead atoms. The zero-order chi connectivity index (χ0) is 58.8. The Morgan fingerprint density at radius 3 is 1.24 bits per heavy atom. The van der Waals surface area contributed by atoms with E-state index in [1.165, 1.54) is 49.4 Å². The Bertz CT molecular complexity index is 2790. The monoisotopic (exact) mass is 1080 g/mol. The largest absolute Gasteiger partial charge is 0.398 e. The highest BCUT2D eigenvalue weighted by atomic mass is 16.5. The van der Waals surface area contributed by atoms with Crippen LogP contribution in [-0.4, -0.2) is 118 Å². The number of pyridine rings is 4. The van der Waals surface area contributed by atoms with Crippen molar-refractivity contribution in [2.24, 2.45) is 0 Å². The molecule has 18 N–H and O–H groups in total. The zero-order valence-electron chi connectivity index (χ0n) is 40.8. The van der Waals surface area contributed by atoms with Crippen LogP contribution in [0, 0.1) is 0 Å². The van der Waals surface area contributed by atoms with E-state index in [2.05, 4.69) is 70.1 Å². The summed E-state index contributed by atoms with van der Waals surface area (Å²) in [7, 11) is 0. The number of aromatic nitrogens is 12. The number of aldehydes is 9. The average molecular weight is 1080 g/mol. The minimum absolute atomic E-state index is 0.0231. The van der Waals surface area contributed by atoms with Crippen LogP contribution in [0.25, 0.3) is 0 Å². The molecule has 8 aromatic heterocycles. The van der Waals surface area contributed by atoms with E-state index in [9.17, 15) is 43.2 Å². The van der Waals surface area contributed by atoms with Gasteiger partial charge in [-0.25, -0.2) is 4.98 Å². The number of carbonyl (C=O) groups is 9. The molecule has 0 aliphatic heterocycles. The lowest BCUT2D eigenvalue weighted by Gasteiger charge is -1.92. The van der Waals surface area contributed by atoms with Crippen LogP contribution in [0.1, 0.15) is 93.7 Å². The van der Waals surface area contributed by atoms with Crippen LogP contribution in [0.15, 0.2) is 132 Å². The molecule has 0 aliphatic carbocycles. The van der Waals surface area contributed by atoms with Gasteiger partial charge in [-0.3, -0.25) is 58.1 Å². The van der Waals surface area contributed by atoms with Gasteiger partial charge in [0.2, 0.25) is 5.76 Å². The van der Waals surface area contributed by atoms with E-state index < -0.39 is 0 Å². The number of anilines is 9. The highest BCUT2D eigenvalue weighted by Crippen LogP contribution is 2.08. The first-order valence-corrected chi connectivity index (χ1v) is 21.1. The number of hydrogen-bond acceptors (Lipinski definition) is 32. The van der Waals surface area contributed by atoms with E-state index in [0.717, 1.165) is 6.29 Å². The van der Waals surface area contributed by atoms with Crippen molar-refractivity contribution in [2.45, 2.75) is 0 Å². The Morgan fingerprint density at radius 2 is 0.835 bits per heavy atom. The maximum absolute atomic E-state index is 10.1. The van der Waals surface area contributed by atoms with Crippen molar-refractivity contribution >= 4 is 108 Å². The van der Waals surface area contributed by atoms with Crippen molar-refractivity contribution in [3.63, 3.8) is 0 Å². The van der Waals surface area contributed by atoms with Gasteiger partial charge in [-0.1, -0.05) is 17.2 Å². The van der Waals surface area contributed by atoms with Gasteiger partial charge in [-0.15, -0.1) is 10.2 Å². The van der Waals surface area contributed by atoms with E-state index >= 15 is 0 Å². The molecule has 9 aromatic rings. The molecule has 79 heavy (non-hydrogen) atoms. The number of hydrogen-bond donors (Lipinski definition) is 9. The summed E-state index contributed by atoms with van der Waals surface area (Å²) in [6.45, 7) is 0. The normalized spacial score (nSPS) is 8.91. The Labute approximate surface area is 445 Å². The second-order valence-corrected chi connectivity index (χ2v) is 13.5. The van der Waals surface area contributed by atoms with Crippen LogP contribution >= 0.6 is 0 Å². The topological polar surface area (TPSA) is 569 Å². The van der Waals surface area contributed by atoms with Crippen LogP contribution in [-0.2, 0) is 0 Å². The maximum atomic E-state index is 10.1. The molecule has 9 rings (SSSR count). The van der Waals surface area contributed by atoms with Gasteiger partial charge in [0.25, 0.3) is 5.88 Å². The Hall–Kier alpha value is -12.5. The minimum Gasteiger partial charge on any atom is -0.398 e. The van der Waals surface area contributed by atoms with Gasteiger partial charge in [0.15, 0.2) is 73.9 Å². The molecule has 0 fully saturated rings. The summed E-state index contributed by atoms with van der Waals surface area (Å²) in [4.78, 5) is 105. The van der Waals surface area contributed by atoms with Crippen LogP contribution in [0.5, 0.6) is 0 Å². The SMILES string of the molecule is Nc1ccccc1C=O.Nc1cccnc1C=O.Nc1ccncc1C=O.Nc1cnccc1C=O.Nc1cnncc1C=O.Nc1ncccc1C=O.Nc1nnccc1C=O.Nc1nnoc1C=O.Nc1onnc1C=O. The number of nitrogen functional groups attached to an aromatic ring is 9. The van der Waals surface area contributed by atoms with Gasteiger partial charge in [0.05, 0.1) is 64.1 Å². The van der Waals surface area contributed by atoms with Gasteiger partial charge in [0, 0.05) is 64.0 Å². The van der Waals surface area contributed by atoms with E-state index in [4.69, 9.17) is 51.6 Å². The fraction of sp³-hybridized carbons (Fsp3) is 0. The summed E-state index contributed by atoms with van der Waals surface area (Å²) in [5, 5.41) is 26.3. The highest BCUT2D eigenvalue weighted by molar-refractivity contribution is 5.85. The lowest BCUT2D eigenvalue weighted by atomic mass is 10.2. The molecule has 406 valence electrons. The Morgan fingerprint density at radius 1 is 0.329 bits per heavy atom. The van der Waals surface area contributed by atoms with Crippen molar-refractivity contribution in [1.82, 2.24) is 61.1 Å². The summed E-state index contributed by atoms with van der Waals surface area (Å²) < 4.78 is 8.50. The third-order valence-electron chi connectivity index (χ3n) is 8.26. The standard InChI is InChI=1S/C7H7NO.4C6H6N2O.2C5H5N3O.2C3H3N3O2/c8-7-4-2-1-3-6(7)5-9;7-6-1-2-8-3-5(6)4-9;7-6-3-8-2-1-5(6)4-9;7-5-2-1-3-8-6(5)4-9;7-6-5(4-9)2-1-3-8-6;6-5-2-8-7-1-4(5)3-9;6-5-4(3-9)1-2-7-8-5;4-3-2(1-7)8-6-5-3;4-3-2(1-7)5-6-8-3/h1-5H,8H2;1-4H,(H2,7,8);2*1-4H,7H2;1-4H,(H2,7,8);1-3H,(H2,6,7);1-3H,(H2,6,8);2*1H,4H2. The van der Waals surface area contributed by atoms with Gasteiger partial charge in [-0.2, -0.15) is 15.3 Å². The van der Waals surface area contributed by atoms with E-state index in [1.54, 1.807) is 73.1 Å². The third-order valence-corrected chi connectivity index (χ3v) is 8.26. The quantitative estimate of drug-likeness (QED) is 0.0733. The molecule has 0 atom stereocenters. The van der Waals surface area contributed by atoms with Crippen LogP contribution in [0.2, 0.25) is 0 Å². The summed E-state index contributed by atoms with van der Waals surface area (Å²) in [6.07, 6.45) is 18.8. The first-order valence-electron chi connectivity index (χ1n) is 21.1. The predicted octanol–water partition coefficient (Wildman–Crippen LogP) is 1.66. The van der Waals surface area contributed by atoms with E-state index in [-0.39, 0.29) is 34.8 Å². The van der Waals surface area contributed by atoms with Crippen LogP contribution in [0.4, 0.5) is 51.8 Å². The minimum atomic E-state index is -0.0417. The lowest BCUT2D eigenvalue weighted by Crippen LogP contribution is -1.96. The molecule has 0 unspecified atom stereocenters. The molecule has 0 saturated heterocycles. The Balaban J connectivity index is 0.000000445. The fourth-order valence-electron chi connectivity index (χ4n) is 4.18. The Kier molecular flexibility index (Phi) is 31.2. The molecule has 0 saturated carbocycles. The molecule has 0 radical (unpaired) electrons. The number of rotatable bonds is 9. The fourth-order valence-corrected chi connectivity index (χ4v) is 4.18. The number of benzene rings is 1. The lowest BCUT2D eigenvalue weighted by molar-refractivity contribution is 0.108. The molecule has 8 heterocycles. The van der Waals surface area contributed by atoms with Crippen molar-refractivity contribution in [3.8, 4) is 0 Å². The average Bonchev–Trinajstić information content (AvgIpc) is 4.11. The molecular weight excluding hydrogens is 1030 g/mol. The second kappa shape index (κ2) is 38.2. The van der Waals surface area contributed by atoms with Crippen molar-refractivity contribution in [3.05, 3.63) is 173 Å². The molecule has 0 spiro atoms. The van der Waals surface area contributed by atoms with Crippen molar-refractivity contribution in [2.75, 3.05) is 51.6 Å². The molecule has 32 nitrogen and oxygen atoms in total. The van der Waals surface area contributed by atoms with Gasteiger partial charge in [-0.05, 0) is 54.6 Å². The van der Waals surface area contributed by atoms with E-state index in [0.29, 0.717) is 118 Å². The number of nitrogens with zero attached hydrogens (tertiary/aromatic N) is 12. The first kappa shape index (κ1) is 64.5. The van der Waals surface area contributed by atoms with E-state index in [1.807, 2.05) is 0 Å². The molecule has 32 heteroatoms. The first-order chi connectivity index (χ1) is 38.1. The summed E-state index contributed by atoms with van der Waals surface area (Å²) in [6, 6.07) is 18.2. The molecular formula is C47H47N21O11. The number of para-hydroxylation sites is 1. The summed E-state index contributed by atoms with van der Waals surface area (Å²) >= 11 is 0. The van der Waals surface area contributed by atoms with Crippen LogP contribution in [0.3, 0.4) is 0 Å². The summed E-state index contributed by atoms with van der Waals surface area (Å²) in [5.74, 6) is 0.421.